The molecule has 3 rings (SSSR count). The summed E-state index contributed by atoms with van der Waals surface area (Å²) in [5.74, 6) is -0.632. The fourth-order valence-corrected chi connectivity index (χ4v) is 5.61. The van der Waals surface area contributed by atoms with E-state index in [4.69, 9.17) is 93.0 Å². The second kappa shape index (κ2) is 8.77. The summed E-state index contributed by atoms with van der Waals surface area (Å²) in [7, 11) is 0. The van der Waals surface area contributed by atoms with E-state index in [2.05, 4.69) is 4.99 Å². The van der Waals surface area contributed by atoms with Crippen molar-refractivity contribution in [3.05, 3.63) is 76.8 Å². The minimum Gasteiger partial charge on any atom is -0.266 e. The lowest BCUT2D eigenvalue weighted by molar-refractivity contribution is 0.487. The van der Waals surface area contributed by atoms with Crippen molar-refractivity contribution in [2.24, 2.45) is 4.99 Å². The molecule has 1 aliphatic rings. The molecule has 27 heavy (non-hydrogen) atoms. The first-order valence-electron chi connectivity index (χ1n) is 7.32. The fraction of sp³-hybridized carbons (Fsp3) is 0.118. The van der Waals surface area contributed by atoms with Crippen molar-refractivity contribution < 1.29 is 0 Å². The van der Waals surface area contributed by atoms with Gasteiger partial charge in [-0.25, -0.2) is 4.99 Å². The van der Waals surface area contributed by atoms with Crippen LogP contribution in [0.3, 0.4) is 0 Å². The van der Waals surface area contributed by atoms with E-state index in [1.165, 1.54) is 17.0 Å². The summed E-state index contributed by atoms with van der Waals surface area (Å²) in [6.07, 6.45) is 2.90. The minimum absolute atomic E-state index is 0.316. The molecule has 142 valence electrons. The van der Waals surface area contributed by atoms with Crippen LogP contribution < -0.4 is 0 Å². The maximum Gasteiger partial charge on any atom is 0.106 e. The summed E-state index contributed by atoms with van der Waals surface area (Å²) in [6.45, 7) is 0. The summed E-state index contributed by atoms with van der Waals surface area (Å²) >= 11 is 50.9. The van der Waals surface area contributed by atoms with Crippen LogP contribution in [0.25, 0.3) is 0 Å². The Kier molecular flexibility index (Phi) is 7.04. The van der Waals surface area contributed by atoms with Gasteiger partial charge in [0.05, 0.1) is 11.1 Å². The molecule has 10 heteroatoms. The Morgan fingerprint density at radius 3 is 1.52 bits per heavy atom. The predicted molar refractivity (Wildman–Crippen MR) is 119 cm³/mol. The highest BCUT2D eigenvalue weighted by Crippen LogP contribution is 2.48. The summed E-state index contributed by atoms with van der Waals surface area (Å²) in [6, 6.07) is 5.66. The maximum absolute atomic E-state index is 6.49. The molecule has 0 fully saturated rings. The van der Waals surface area contributed by atoms with E-state index in [-0.39, 0.29) is 0 Å². The Balaban J connectivity index is 2.33. The molecule has 1 heterocycles. The van der Waals surface area contributed by atoms with Crippen molar-refractivity contribution in [1.82, 2.24) is 4.42 Å². The van der Waals surface area contributed by atoms with E-state index < -0.39 is 12.0 Å². The van der Waals surface area contributed by atoms with E-state index in [0.29, 0.717) is 46.3 Å². The molecule has 0 saturated heterocycles. The Labute approximate surface area is 196 Å². The number of rotatable bonds is 3. The smallest absolute Gasteiger partial charge is 0.106 e. The number of hydrogen-bond donors (Lipinski definition) is 0. The monoisotopic (exact) mass is 520 g/mol. The molecule has 0 N–H and O–H groups in total. The van der Waals surface area contributed by atoms with Crippen molar-refractivity contribution in [3.63, 3.8) is 0 Å². The third kappa shape index (κ3) is 4.44. The maximum atomic E-state index is 6.49. The summed E-state index contributed by atoms with van der Waals surface area (Å²) in [4.78, 5) is 3.98. The highest BCUT2D eigenvalue weighted by atomic mass is 35.5. The minimum atomic E-state index is -0.632. The summed E-state index contributed by atoms with van der Waals surface area (Å²) in [5, 5.41) is 2.38. The van der Waals surface area contributed by atoms with Gasteiger partial charge in [-0.05, 0) is 35.4 Å². The number of hydrogen-bond acceptors (Lipinski definition) is 2. The average molecular weight is 524 g/mol. The molecule has 1 unspecified atom stereocenters. The van der Waals surface area contributed by atoms with Gasteiger partial charge in [0.25, 0.3) is 0 Å². The van der Waals surface area contributed by atoms with Crippen molar-refractivity contribution in [2.45, 2.75) is 12.0 Å². The van der Waals surface area contributed by atoms with E-state index in [1.807, 2.05) is 0 Å². The molecule has 0 radical (unpaired) electrons. The lowest BCUT2D eigenvalue weighted by atomic mass is 9.84. The second-order valence-electron chi connectivity index (χ2n) is 5.61. The van der Waals surface area contributed by atoms with Crippen LogP contribution in [-0.4, -0.2) is 16.8 Å². The zero-order valence-corrected chi connectivity index (χ0v) is 19.1. The van der Waals surface area contributed by atoms with Gasteiger partial charge < -0.3 is 0 Å². The molecule has 0 aliphatic carbocycles. The molecule has 1 aliphatic heterocycles. The third-order valence-corrected chi connectivity index (χ3v) is 6.25. The number of benzene rings is 2. The van der Waals surface area contributed by atoms with Gasteiger partial charge in [-0.1, -0.05) is 81.2 Å². The lowest BCUT2D eigenvalue weighted by Gasteiger charge is -2.35. The van der Waals surface area contributed by atoms with Crippen LogP contribution in [0.1, 0.15) is 17.0 Å². The molecule has 2 nitrogen and oxygen atoms in total. The van der Waals surface area contributed by atoms with Crippen LogP contribution in [-0.2, 0) is 0 Å². The van der Waals surface area contributed by atoms with E-state index in [1.54, 1.807) is 24.3 Å². The van der Waals surface area contributed by atoms with Crippen molar-refractivity contribution in [1.29, 1.82) is 0 Å². The second-order valence-corrected chi connectivity index (χ2v) is 8.94. The zero-order chi connectivity index (χ0) is 19.9. The van der Waals surface area contributed by atoms with Crippen LogP contribution in [0, 0.1) is 0 Å². The molecule has 2 aromatic carbocycles. The summed E-state index contributed by atoms with van der Waals surface area (Å²) in [5.41, 5.74) is 1.04. The normalized spacial score (nSPS) is 16.9. The first-order valence-corrected chi connectivity index (χ1v) is 10.3. The third-order valence-electron chi connectivity index (χ3n) is 3.95. The fourth-order valence-electron chi connectivity index (χ4n) is 2.90. The van der Waals surface area contributed by atoms with Gasteiger partial charge in [0.15, 0.2) is 0 Å². The van der Waals surface area contributed by atoms with Crippen LogP contribution in [0.15, 0.2) is 40.5 Å². The number of nitrogens with zero attached hydrogens (tertiary/aromatic N) is 2. The van der Waals surface area contributed by atoms with Crippen molar-refractivity contribution >= 4 is 99.3 Å². The molecule has 0 amide bonds. The van der Waals surface area contributed by atoms with Crippen LogP contribution >= 0.6 is 93.0 Å². The molecule has 0 bridgehead atoms. The highest BCUT2D eigenvalue weighted by Gasteiger charge is 2.38. The zero-order valence-electron chi connectivity index (χ0n) is 13.0. The van der Waals surface area contributed by atoms with E-state index >= 15 is 0 Å². The van der Waals surface area contributed by atoms with E-state index in [9.17, 15) is 0 Å². The Hall–Kier alpha value is -0.0300. The predicted octanol–water partition coefficient (Wildman–Crippen LogP) is 8.69. The first kappa shape index (κ1) is 21.7. The largest absolute Gasteiger partial charge is 0.266 e. The van der Waals surface area contributed by atoms with Gasteiger partial charge in [0.1, 0.15) is 6.34 Å². The van der Waals surface area contributed by atoms with Crippen LogP contribution in [0.4, 0.5) is 0 Å². The van der Waals surface area contributed by atoms with Gasteiger partial charge in [-0.2, -0.15) is 0 Å². The molecule has 1 atom stereocenters. The van der Waals surface area contributed by atoms with E-state index in [0.717, 1.165) is 0 Å². The van der Waals surface area contributed by atoms with Gasteiger partial charge in [0, 0.05) is 54.0 Å². The molecule has 2 aromatic rings. The average Bonchev–Trinajstić information content (AvgIpc) is 2.52. The van der Waals surface area contributed by atoms with Crippen molar-refractivity contribution in [2.75, 3.05) is 0 Å². The van der Waals surface area contributed by atoms with Gasteiger partial charge in [-0.15, -0.1) is 0 Å². The van der Waals surface area contributed by atoms with Gasteiger partial charge >= 0.3 is 0 Å². The topological polar surface area (TPSA) is 15.6 Å². The summed E-state index contributed by atoms with van der Waals surface area (Å²) < 4.78 is 1.32. The van der Waals surface area contributed by atoms with Crippen molar-refractivity contribution in [3.8, 4) is 0 Å². The SMILES string of the molecule is ClC1=CN=CN(Cl)C1C(c1c(Cl)cc(Cl)cc1Cl)c1c(Cl)cc(Cl)cc1Cl. The first-order chi connectivity index (χ1) is 12.7. The number of halogens is 8. The lowest BCUT2D eigenvalue weighted by Crippen LogP contribution is -2.35. The molecule has 0 saturated carbocycles. The Morgan fingerprint density at radius 1 is 0.741 bits per heavy atom. The van der Waals surface area contributed by atoms with Gasteiger partial charge in [0.2, 0.25) is 0 Å². The molecular weight excluding hydrogens is 516 g/mol. The molecule has 0 aromatic heterocycles. The highest BCUT2D eigenvalue weighted by molar-refractivity contribution is 6.41. The van der Waals surface area contributed by atoms with Gasteiger partial charge in [-0.3, -0.25) is 4.42 Å². The molecule has 0 spiro atoms. The standard InChI is InChI=1S/C17H8Cl8N2/c18-7-1-9(20)14(10(21)2-7)16(17-13(24)5-26-6-27(17)25)15-11(22)3-8(19)4-12(15)23/h1-6,16-17H. The number of aliphatic imine (C=N–C) groups is 1. The molecular formula is C17H8Cl8N2. The Bertz CT molecular complexity index is 852. The van der Waals surface area contributed by atoms with Crippen LogP contribution in [0.2, 0.25) is 30.1 Å². The Morgan fingerprint density at radius 2 is 1.15 bits per heavy atom. The van der Waals surface area contributed by atoms with Crippen LogP contribution in [0.5, 0.6) is 0 Å². The quantitative estimate of drug-likeness (QED) is 0.367.